The number of aliphatic hydroxyl groups excluding tert-OH is 1. The number of hydrogen-bond acceptors (Lipinski definition) is 30. The zero-order valence-corrected chi connectivity index (χ0v) is 74.3. The maximum absolute atomic E-state index is 14.6. The number of hydrogen-bond donors (Lipinski definition) is 23. The highest BCUT2D eigenvalue weighted by atomic mass is 32.2. The summed E-state index contributed by atoms with van der Waals surface area (Å²) in [5.74, 6) is -13.1. The molecule has 3 aliphatic rings. The van der Waals surface area contributed by atoms with Crippen LogP contribution < -0.4 is 75.5 Å². The van der Waals surface area contributed by atoms with Crippen molar-refractivity contribution in [1.82, 2.24) is 72.4 Å². The Morgan fingerprint density at radius 1 is 0.588 bits per heavy atom. The van der Waals surface area contributed by atoms with Crippen molar-refractivity contribution in [3.05, 3.63) is 102 Å². The number of anilines is 4. The number of fused-ring (bicyclic) bond motifs is 1. The van der Waals surface area contributed by atoms with E-state index in [4.69, 9.17) is 16.9 Å². The number of rotatable bonds is 41. The van der Waals surface area contributed by atoms with E-state index in [1.54, 1.807) is 100 Å². The Balaban J connectivity index is 0.868. The van der Waals surface area contributed by atoms with E-state index >= 15 is 0 Å². The largest absolute Gasteiger partial charge is 0.505 e. The van der Waals surface area contributed by atoms with Crippen molar-refractivity contribution in [2.24, 2.45) is 5.73 Å². The molecule has 46 nitrogen and oxygen atoms in total. The van der Waals surface area contributed by atoms with Crippen molar-refractivity contribution >= 4 is 154 Å². The normalized spacial score (nSPS) is 19.0. The number of carboxylic acid groups (broad SMARTS) is 4. The van der Waals surface area contributed by atoms with E-state index in [1.165, 1.54) is 6.07 Å². The smallest absolute Gasteiger partial charge is 0.317 e. The van der Waals surface area contributed by atoms with Gasteiger partial charge in [-0.2, -0.15) is 16.8 Å². The number of aliphatic hydroxyl groups is 1. The zero-order chi connectivity index (χ0) is 96.0. The zero-order valence-electron chi connectivity index (χ0n) is 71.9. The monoisotopic (exact) mass is 1890 g/mol. The maximum atomic E-state index is 14.6. The molecule has 2 unspecified atom stereocenters. The van der Waals surface area contributed by atoms with Crippen molar-refractivity contribution in [2.75, 3.05) is 139 Å². The van der Waals surface area contributed by atoms with Crippen LogP contribution in [0.1, 0.15) is 87.3 Å². The highest BCUT2D eigenvalue weighted by molar-refractivity contribution is 8.01. The van der Waals surface area contributed by atoms with E-state index in [0.717, 1.165) is 22.7 Å². The fourth-order valence-corrected chi connectivity index (χ4v) is 17.2. The molecule has 3 saturated heterocycles. The van der Waals surface area contributed by atoms with Gasteiger partial charge in [-0.25, -0.2) is 0 Å². The number of guanidine groups is 1. The van der Waals surface area contributed by atoms with E-state index in [9.17, 15) is 124 Å². The summed E-state index contributed by atoms with van der Waals surface area (Å²) in [5.41, 5.74) is 20.3. The number of hydrazine groups is 1. The Hall–Kier alpha value is -12.5. The van der Waals surface area contributed by atoms with Gasteiger partial charge in [0.1, 0.15) is 39.9 Å². The molecule has 8 rings (SSSR count). The first kappa shape index (κ1) is 104. The number of nitrogens with one attached hydrogen (secondary N) is 13. The summed E-state index contributed by atoms with van der Waals surface area (Å²) in [7, 11) is -10.3. The summed E-state index contributed by atoms with van der Waals surface area (Å²) >= 11 is 0.902. The number of nitrogens with zero attached hydrogens (tertiary/aromatic N) is 5. The molecule has 3 fully saturated rings. The van der Waals surface area contributed by atoms with Crippen LogP contribution in [0.25, 0.3) is 21.9 Å². The molecular weight excluding hydrogens is 1780 g/mol. The number of phenols is 1. The topological polar surface area (TPSA) is 706 Å². The molecule has 131 heavy (non-hydrogen) atoms. The number of carboxylic acids is 4. The molecule has 0 saturated carbocycles. The second-order valence-electron chi connectivity index (χ2n) is 31.6. The van der Waals surface area contributed by atoms with Crippen LogP contribution >= 0.6 is 11.8 Å². The fraction of sp³-hybridized carbons (Fsp3) is 0.476. The highest BCUT2D eigenvalue weighted by Crippen LogP contribution is 2.43. The average Bonchev–Trinajstić information content (AvgIpc) is 1.03. The summed E-state index contributed by atoms with van der Waals surface area (Å²) in [4.78, 5) is 191. The molecule has 5 aromatic rings. The second-order valence-corrected chi connectivity index (χ2v) is 35.6. The first-order chi connectivity index (χ1) is 62.0. The van der Waals surface area contributed by atoms with E-state index in [-0.39, 0.29) is 185 Å². The molecule has 0 aliphatic carbocycles. The van der Waals surface area contributed by atoms with Gasteiger partial charge < -0.3 is 95.4 Å². The standard InChI is InChI=1S/C82H112N20O26S3/c1-47-35-50(51-17-20-54(48(2)36-51)96-97-55-21-18-52-62(130(123,124)125)40-63(131(126,127)128)74(83)73(52)75(55)116)16-19-53(47)92-77(118)57(90-66(105)42-98-27-29-99(43-70(110)111)31-33-101(45-72(114)115)34-32-100(30-28-98)44-71(112)113)13-6-8-23-86-64(103)22-26-102-68(107)39-61(81(102)122)129-46-67(106)87-24-9-7-14-58-78(119)93-56(15-10-25-88-82(84)85)76(117)89-41-65(104)91-60(38-69(108)109)80(121)95-59(79(120)94-58)37-49-11-4-3-5-12-49/h3-5,11-12,16-21,35-36,40,56-61,80,95-97,116,121H,6-10,13-15,22-34,37-39,41-46,83H2,1-2H3,(H,86,103)(H,87,106)(H,89,117)(H,90,105)(H,91,104)(H,92,118)(H,93,119)(H,94,120)(H,108,109)(H,110,111)(H,112,113)(H,114,115)(H4,84,85,88)(H,123,124,125)(H,126,127,128)/t56-,57+,58+,59-,60-,61?,80?/m0/s1. The van der Waals surface area contributed by atoms with Gasteiger partial charge in [0.15, 0.2) is 5.96 Å². The second kappa shape index (κ2) is 49.5. The molecule has 3 heterocycles. The van der Waals surface area contributed by atoms with E-state index in [2.05, 4.69) is 64.0 Å². The van der Waals surface area contributed by atoms with Gasteiger partial charge >= 0.3 is 23.9 Å². The minimum absolute atomic E-state index is 0.00288. The van der Waals surface area contributed by atoms with Gasteiger partial charge in [0.2, 0.25) is 59.1 Å². The third-order valence-electron chi connectivity index (χ3n) is 21.6. The Kier molecular flexibility index (Phi) is 39.3. The summed E-state index contributed by atoms with van der Waals surface area (Å²) in [6, 6.07) is 15.0. The van der Waals surface area contributed by atoms with E-state index in [0.29, 0.717) is 45.3 Å². The number of likely N-dealkylation sites (tertiary alicyclic amines) is 1. The molecule has 0 spiro atoms. The van der Waals surface area contributed by atoms with Gasteiger partial charge in [0.05, 0.1) is 84.7 Å². The Bertz CT molecular complexity index is 5220. The van der Waals surface area contributed by atoms with Crippen LogP contribution in [0.5, 0.6) is 5.75 Å². The van der Waals surface area contributed by atoms with Crippen LogP contribution in [0.3, 0.4) is 0 Å². The fourth-order valence-electron chi connectivity index (χ4n) is 14.8. The molecule has 0 aromatic heterocycles. The Morgan fingerprint density at radius 2 is 1.11 bits per heavy atom. The SMILES string of the molecule is Cc1cc(-c2ccc(NC(=O)[C@@H](CCCCNC(=O)CCN3C(=O)CC(SCC(=O)NCCCC[C@H]4NC(=O)[C@H](Cc5ccccc5)NC(O)[C@H](CC(=O)O)NC(=O)CNC(=O)[C@H](CCCNC(=N)N)NC4=O)C3=O)NC(=O)CN3CCN(CC(=O)O)CCN(CC(=O)O)CCN(CC(=O)O)CC3)c(C)c2)ccc1NNc1ccc2c(S(=O)(=O)O)cc(S(=O)(=O)O)c(N)c2c1O. The Labute approximate surface area is 757 Å². The van der Waals surface area contributed by atoms with Crippen LogP contribution in [0, 0.1) is 19.3 Å². The van der Waals surface area contributed by atoms with Crippen molar-refractivity contribution in [3.8, 4) is 16.9 Å². The van der Waals surface area contributed by atoms with Crippen LogP contribution in [0.2, 0.25) is 0 Å². The minimum Gasteiger partial charge on any atom is -0.505 e. The van der Waals surface area contributed by atoms with Gasteiger partial charge in [0, 0.05) is 102 Å². The molecule has 7 atom stereocenters. The number of aliphatic carboxylic acids is 4. The van der Waals surface area contributed by atoms with Crippen LogP contribution in [0.4, 0.5) is 22.7 Å². The molecule has 3 aliphatic heterocycles. The van der Waals surface area contributed by atoms with Crippen LogP contribution in [-0.2, 0) is 93.8 Å². The number of nitrogens with two attached hydrogens (primary N) is 2. The average molecular weight is 1890 g/mol. The lowest BCUT2D eigenvalue weighted by Gasteiger charge is -2.33. The number of carbonyl (C=O) groups is 14. The molecule has 0 bridgehead atoms. The molecular formula is C82H112N20O26S3. The summed E-state index contributed by atoms with van der Waals surface area (Å²) in [6.45, 7) is 1.93. The molecule has 25 N–H and O–H groups in total. The van der Waals surface area contributed by atoms with Crippen molar-refractivity contribution in [3.63, 3.8) is 0 Å². The van der Waals surface area contributed by atoms with Crippen molar-refractivity contribution in [1.29, 1.82) is 5.41 Å². The number of aryl methyl sites for hydroxylation is 2. The van der Waals surface area contributed by atoms with Gasteiger partial charge in [-0.3, -0.25) is 117 Å². The Morgan fingerprint density at radius 3 is 1.66 bits per heavy atom. The summed E-state index contributed by atoms with van der Waals surface area (Å²) < 4.78 is 68.6. The van der Waals surface area contributed by atoms with Gasteiger partial charge in [-0.15, -0.1) is 11.8 Å². The molecule has 5 aromatic carbocycles. The minimum atomic E-state index is -5.16. The summed E-state index contributed by atoms with van der Waals surface area (Å²) in [5, 5.41) is 93.8. The van der Waals surface area contributed by atoms with E-state index in [1.807, 2.05) is 0 Å². The maximum Gasteiger partial charge on any atom is 0.317 e. The first-order valence-electron chi connectivity index (χ1n) is 41.9. The van der Waals surface area contributed by atoms with Gasteiger partial charge in [-0.05, 0) is 136 Å². The number of unbranched alkanes of at least 4 members (excludes halogenated alkanes) is 2. The summed E-state index contributed by atoms with van der Waals surface area (Å²) in [6.07, 6.45) is -2.38. The quantitative estimate of drug-likeness (QED) is 0.00291. The number of phenolic OH excluding ortho intramolecular Hbond substituents is 1. The lowest BCUT2D eigenvalue weighted by Crippen LogP contribution is -2.59. The highest BCUT2D eigenvalue weighted by Gasteiger charge is 2.40. The third kappa shape index (κ3) is 33.2. The molecule has 10 amide bonds. The van der Waals surface area contributed by atoms with Crippen molar-refractivity contribution < 1.29 is 124 Å². The molecule has 714 valence electrons. The number of imide groups is 1. The number of thioether (sulfide) groups is 1. The predicted octanol–water partition coefficient (Wildman–Crippen LogP) is -2.09. The lowest BCUT2D eigenvalue weighted by molar-refractivity contribution is -0.140. The first-order valence-corrected chi connectivity index (χ1v) is 45.8. The van der Waals surface area contributed by atoms with Crippen LogP contribution in [0.15, 0.2) is 94.7 Å². The van der Waals surface area contributed by atoms with E-state index < -0.39 is 198 Å². The number of amides is 10. The third-order valence-corrected chi connectivity index (χ3v) is 24.6. The number of carbonyl (C=O) groups excluding carboxylic acids is 10. The number of benzene rings is 5. The lowest BCUT2D eigenvalue weighted by atomic mass is 9.99. The molecule has 49 heteroatoms. The molecule has 0 radical (unpaired) electrons. The van der Waals surface area contributed by atoms with Gasteiger partial charge in [0.25, 0.3) is 20.2 Å². The van der Waals surface area contributed by atoms with Crippen molar-refractivity contribution in [2.45, 2.75) is 142 Å². The number of nitrogen functional groups attached to an aromatic ring is 1. The van der Waals surface area contributed by atoms with Crippen LogP contribution in [-0.4, -0.2) is 329 Å². The number of aromatic hydroxyl groups is 1. The predicted molar refractivity (Wildman–Crippen MR) is 477 cm³/mol. The van der Waals surface area contributed by atoms with Gasteiger partial charge in [-0.1, -0.05) is 48.5 Å².